The van der Waals surface area contributed by atoms with Crippen LogP contribution < -0.4 is 5.32 Å². The van der Waals surface area contributed by atoms with Crippen LogP contribution in [0.15, 0.2) is 10.6 Å². The van der Waals surface area contributed by atoms with Crippen molar-refractivity contribution in [2.75, 3.05) is 26.2 Å². The number of halogens is 1. The van der Waals surface area contributed by atoms with E-state index in [-0.39, 0.29) is 5.91 Å². The predicted octanol–water partition coefficient (Wildman–Crippen LogP) is 1.73. The fourth-order valence-corrected chi connectivity index (χ4v) is 2.61. The zero-order valence-electron chi connectivity index (χ0n) is 9.76. The Balaban J connectivity index is 2.07. The fraction of sp³-hybridized carbons (Fsp3) is 0.750. The number of piperazine rings is 1. The van der Waals surface area contributed by atoms with Crippen molar-refractivity contribution in [1.82, 2.24) is 10.2 Å². The van der Waals surface area contributed by atoms with Gasteiger partial charge < -0.3 is 10.2 Å². The van der Waals surface area contributed by atoms with Crippen LogP contribution in [0, 0.1) is 5.92 Å². The molecule has 3 nitrogen and oxygen atoms in total. The van der Waals surface area contributed by atoms with Crippen LogP contribution in [0.2, 0.25) is 0 Å². The van der Waals surface area contributed by atoms with E-state index in [9.17, 15) is 4.79 Å². The molecular weight excluding hydrogens is 224 g/mol. The van der Waals surface area contributed by atoms with Crippen LogP contribution in [0.25, 0.3) is 0 Å². The number of nitrogens with one attached hydrogen (secondary N) is 1. The molecule has 1 N–H and O–H groups in total. The van der Waals surface area contributed by atoms with Crippen molar-refractivity contribution < 1.29 is 4.79 Å². The van der Waals surface area contributed by atoms with E-state index in [0.29, 0.717) is 5.92 Å². The van der Waals surface area contributed by atoms with Gasteiger partial charge in [-0.2, -0.15) is 0 Å². The quantitative estimate of drug-likeness (QED) is 0.760. The van der Waals surface area contributed by atoms with Gasteiger partial charge in [0.2, 0.25) is 0 Å². The van der Waals surface area contributed by atoms with Crippen molar-refractivity contribution in [1.29, 1.82) is 0 Å². The van der Waals surface area contributed by atoms with Gasteiger partial charge in [-0.1, -0.05) is 18.5 Å². The summed E-state index contributed by atoms with van der Waals surface area (Å²) in [7, 11) is 0. The number of hydrogen-bond acceptors (Lipinski definition) is 2. The molecule has 0 aromatic rings. The third-order valence-corrected chi connectivity index (χ3v) is 3.82. The van der Waals surface area contributed by atoms with Crippen LogP contribution in [0.5, 0.6) is 0 Å². The Bertz CT molecular complexity index is 308. The molecule has 0 spiro atoms. The van der Waals surface area contributed by atoms with Gasteiger partial charge in [0.1, 0.15) is 0 Å². The van der Waals surface area contributed by atoms with Crippen molar-refractivity contribution >= 4 is 17.5 Å². The Morgan fingerprint density at radius 3 is 2.81 bits per heavy atom. The summed E-state index contributed by atoms with van der Waals surface area (Å²) in [6.45, 7) is 5.59. The van der Waals surface area contributed by atoms with Gasteiger partial charge >= 0.3 is 0 Å². The van der Waals surface area contributed by atoms with Crippen LogP contribution in [0.1, 0.15) is 26.2 Å². The van der Waals surface area contributed by atoms with Gasteiger partial charge in [0, 0.05) is 36.8 Å². The van der Waals surface area contributed by atoms with Gasteiger partial charge in [-0.3, -0.25) is 4.79 Å². The summed E-state index contributed by atoms with van der Waals surface area (Å²) in [5.74, 6) is 0.752. The molecule has 4 heteroatoms. The molecule has 1 fully saturated rings. The first-order valence-electron chi connectivity index (χ1n) is 6.06. The number of hydrogen-bond donors (Lipinski definition) is 1. The highest BCUT2D eigenvalue weighted by Crippen LogP contribution is 2.32. The SMILES string of the molecule is CC1CCC(Cl)=C(C(=O)N2CCNCC2)C1. The molecule has 90 valence electrons. The Morgan fingerprint density at radius 2 is 2.12 bits per heavy atom. The van der Waals surface area contributed by atoms with Crippen molar-refractivity contribution in [3.05, 3.63) is 10.6 Å². The van der Waals surface area contributed by atoms with E-state index in [1.165, 1.54) is 0 Å². The van der Waals surface area contributed by atoms with Gasteiger partial charge in [-0.05, 0) is 25.2 Å². The minimum absolute atomic E-state index is 0.165. The van der Waals surface area contributed by atoms with Gasteiger partial charge in [0.25, 0.3) is 5.91 Å². The van der Waals surface area contributed by atoms with Gasteiger partial charge in [0.15, 0.2) is 0 Å². The minimum Gasteiger partial charge on any atom is -0.336 e. The first kappa shape index (κ1) is 11.9. The molecule has 1 unspecified atom stereocenters. The summed E-state index contributed by atoms with van der Waals surface area (Å²) in [5.41, 5.74) is 0.863. The smallest absolute Gasteiger partial charge is 0.251 e. The zero-order chi connectivity index (χ0) is 11.5. The summed E-state index contributed by atoms with van der Waals surface area (Å²) < 4.78 is 0. The van der Waals surface area contributed by atoms with E-state index in [1.807, 2.05) is 4.90 Å². The standard InChI is InChI=1S/C12H19ClN2O/c1-9-2-3-11(13)10(8-9)12(16)15-6-4-14-5-7-15/h9,14H,2-8H2,1H3. The number of carbonyl (C=O) groups is 1. The molecule has 2 aliphatic rings. The molecular formula is C12H19ClN2O. The fourth-order valence-electron chi connectivity index (χ4n) is 2.35. The lowest BCUT2D eigenvalue weighted by Crippen LogP contribution is -2.47. The minimum atomic E-state index is 0.165. The molecule has 1 aliphatic carbocycles. The maximum Gasteiger partial charge on any atom is 0.251 e. The Hall–Kier alpha value is -0.540. The summed E-state index contributed by atoms with van der Waals surface area (Å²) in [6, 6.07) is 0. The zero-order valence-corrected chi connectivity index (χ0v) is 10.5. The molecule has 1 amide bonds. The van der Waals surface area contributed by atoms with Crippen LogP contribution in [0.3, 0.4) is 0 Å². The first-order chi connectivity index (χ1) is 7.68. The highest BCUT2D eigenvalue weighted by molar-refractivity contribution is 6.32. The largest absolute Gasteiger partial charge is 0.336 e. The van der Waals surface area contributed by atoms with Crippen molar-refractivity contribution in [3.63, 3.8) is 0 Å². The molecule has 2 rings (SSSR count). The maximum atomic E-state index is 12.3. The van der Waals surface area contributed by atoms with E-state index < -0.39 is 0 Å². The Morgan fingerprint density at radius 1 is 1.44 bits per heavy atom. The van der Waals surface area contributed by atoms with E-state index in [1.54, 1.807) is 0 Å². The van der Waals surface area contributed by atoms with Crippen molar-refractivity contribution in [2.45, 2.75) is 26.2 Å². The summed E-state index contributed by atoms with van der Waals surface area (Å²) in [5, 5.41) is 4.04. The Kier molecular flexibility index (Phi) is 3.87. The molecule has 1 aliphatic heterocycles. The highest BCUT2D eigenvalue weighted by atomic mass is 35.5. The number of nitrogens with zero attached hydrogens (tertiary/aromatic N) is 1. The lowest BCUT2D eigenvalue weighted by molar-refractivity contribution is -0.128. The lowest BCUT2D eigenvalue weighted by atomic mass is 9.89. The number of allylic oxidation sites excluding steroid dienone is 1. The monoisotopic (exact) mass is 242 g/mol. The summed E-state index contributed by atoms with van der Waals surface area (Å²) in [6.07, 6.45) is 2.83. The number of carbonyl (C=O) groups excluding carboxylic acids is 1. The first-order valence-corrected chi connectivity index (χ1v) is 6.44. The normalized spacial score (nSPS) is 27.1. The average Bonchev–Trinajstić information content (AvgIpc) is 2.32. The Labute approximate surface area is 102 Å². The molecule has 0 saturated carbocycles. The van der Waals surface area contributed by atoms with Gasteiger partial charge in [-0.25, -0.2) is 0 Å². The van der Waals surface area contributed by atoms with Crippen LogP contribution in [-0.2, 0) is 4.79 Å². The lowest BCUT2D eigenvalue weighted by Gasteiger charge is -2.30. The topological polar surface area (TPSA) is 32.3 Å². The molecule has 16 heavy (non-hydrogen) atoms. The molecule has 1 saturated heterocycles. The average molecular weight is 243 g/mol. The number of rotatable bonds is 1. The van der Waals surface area contributed by atoms with E-state index in [2.05, 4.69) is 12.2 Å². The second kappa shape index (κ2) is 5.19. The molecule has 0 aromatic heterocycles. The van der Waals surface area contributed by atoms with E-state index >= 15 is 0 Å². The van der Waals surface area contributed by atoms with E-state index in [0.717, 1.165) is 56.0 Å². The molecule has 0 aromatic carbocycles. The second-order valence-electron chi connectivity index (χ2n) is 4.77. The predicted molar refractivity (Wildman–Crippen MR) is 65.3 cm³/mol. The molecule has 0 bridgehead atoms. The van der Waals surface area contributed by atoms with Crippen LogP contribution in [0.4, 0.5) is 0 Å². The third-order valence-electron chi connectivity index (χ3n) is 3.40. The van der Waals surface area contributed by atoms with Gasteiger partial charge in [-0.15, -0.1) is 0 Å². The van der Waals surface area contributed by atoms with Crippen molar-refractivity contribution in [3.8, 4) is 0 Å². The highest BCUT2D eigenvalue weighted by Gasteiger charge is 2.26. The van der Waals surface area contributed by atoms with Gasteiger partial charge in [0.05, 0.1) is 0 Å². The number of amides is 1. The van der Waals surface area contributed by atoms with Crippen molar-refractivity contribution in [2.24, 2.45) is 5.92 Å². The van der Waals surface area contributed by atoms with Crippen LogP contribution >= 0.6 is 11.6 Å². The van der Waals surface area contributed by atoms with Crippen LogP contribution in [-0.4, -0.2) is 37.0 Å². The molecule has 0 radical (unpaired) electrons. The summed E-state index contributed by atoms with van der Waals surface area (Å²) >= 11 is 6.18. The maximum absolute atomic E-state index is 12.3. The summed E-state index contributed by atoms with van der Waals surface area (Å²) in [4.78, 5) is 14.2. The molecule has 1 heterocycles. The third kappa shape index (κ3) is 2.58. The second-order valence-corrected chi connectivity index (χ2v) is 5.23. The molecule has 1 atom stereocenters. The van der Waals surface area contributed by atoms with E-state index in [4.69, 9.17) is 11.6 Å².